The number of rotatable bonds is 4. The number of likely N-dealkylation sites (N-methyl/N-ethyl adjacent to an activating group) is 1. The van der Waals surface area contributed by atoms with Crippen LogP contribution in [0, 0.1) is 0 Å². The van der Waals surface area contributed by atoms with Crippen LogP contribution in [0.1, 0.15) is 23.5 Å². The maximum Gasteiger partial charge on any atom is 0.151 e. The van der Waals surface area contributed by atoms with Crippen molar-refractivity contribution in [3.8, 4) is 0 Å². The van der Waals surface area contributed by atoms with Gasteiger partial charge in [0.05, 0.1) is 12.2 Å². The van der Waals surface area contributed by atoms with E-state index in [1.54, 1.807) is 12.4 Å². The minimum Gasteiger partial charge on any atom is -0.352 e. The van der Waals surface area contributed by atoms with Crippen LogP contribution in [-0.4, -0.2) is 51.2 Å². The third-order valence-corrected chi connectivity index (χ3v) is 4.63. The number of anilines is 1. The van der Waals surface area contributed by atoms with E-state index in [1.807, 2.05) is 6.07 Å². The number of hydrogen-bond donors (Lipinski definition) is 0. The Balaban J connectivity index is 1.35. The Bertz CT molecular complexity index is 653. The van der Waals surface area contributed by atoms with Crippen molar-refractivity contribution in [2.45, 2.75) is 31.8 Å². The van der Waals surface area contributed by atoms with Gasteiger partial charge in [0.1, 0.15) is 5.82 Å². The molecule has 6 heteroatoms. The zero-order chi connectivity index (χ0) is 14.9. The molecule has 1 fully saturated rings. The molecule has 0 radical (unpaired) electrons. The first-order valence-corrected chi connectivity index (χ1v) is 7.86. The van der Waals surface area contributed by atoms with Crippen LogP contribution in [0.3, 0.4) is 0 Å². The number of nitrogens with zero attached hydrogens (tertiary/aromatic N) is 6. The van der Waals surface area contributed by atoms with Gasteiger partial charge in [-0.2, -0.15) is 5.10 Å². The smallest absolute Gasteiger partial charge is 0.151 e. The van der Waals surface area contributed by atoms with Crippen molar-refractivity contribution in [3.63, 3.8) is 0 Å². The van der Waals surface area contributed by atoms with Crippen molar-refractivity contribution < 1.29 is 0 Å². The normalized spacial score (nSPS) is 17.6. The van der Waals surface area contributed by atoms with Crippen LogP contribution in [-0.2, 0) is 19.4 Å². The van der Waals surface area contributed by atoms with Gasteiger partial charge >= 0.3 is 0 Å². The molecular formula is C16H20N6. The van der Waals surface area contributed by atoms with Crippen molar-refractivity contribution in [1.29, 1.82) is 0 Å². The third-order valence-electron chi connectivity index (χ3n) is 4.63. The quantitative estimate of drug-likeness (QED) is 0.841. The lowest BCUT2D eigenvalue weighted by atomic mass is 10.1. The fraction of sp³-hybridized carbons (Fsp3) is 0.500. The first-order valence-electron chi connectivity index (χ1n) is 7.86. The van der Waals surface area contributed by atoms with Crippen molar-refractivity contribution in [2.75, 3.05) is 25.0 Å². The molecule has 0 unspecified atom stereocenters. The van der Waals surface area contributed by atoms with E-state index in [2.05, 4.69) is 43.1 Å². The van der Waals surface area contributed by atoms with Gasteiger partial charge in [-0.3, -0.25) is 4.90 Å². The van der Waals surface area contributed by atoms with Crippen LogP contribution in [0.25, 0.3) is 0 Å². The molecule has 0 amide bonds. The SMILES string of the molecule is CN(Cc1ncccn1)C1CN(c2cc3c(nn2)CCC3)C1. The maximum atomic E-state index is 4.38. The van der Waals surface area contributed by atoms with Gasteiger partial charge in [0, 0.05) is 31.5 Å². The summed E-state index contributed by atoms with van der Waals surface area (Å²) in [7, 11) is 2.13. The molecule has 1 aliphatic heterocycles. The third kappa shape index (κ3) is 2.54. The molecule has 3 heterocycles. The lowest BCUT2D eigenvalue weighted by Crippen LogP contribution is -2.58. The largest absolute Gasteiger partial charge is 0.352 e. The lowest BCUT2D eigenvalue weighted by Gasteiger charge is -2.44. The number of aromatic nitrogens is 4. The van der Waals surface area contributed by atoms with Crippen molar-refractivity contribution in [3.05, 3.63) is 41.6 Å². The predicted octanol–water partition coefficient (Wildman–Crippen LogP) is 1.08. The van der Waals surface area contributed by atoms with E-state index in [0.29, 0.717) is 6.04 Å². The van der Waals surface area contributed by atoms with E-state index in [9.17, 15) is 0 Å². The van der Waals surface area contributed by atoms with E-state index in [1.165, 1.54) is 17.7 Å². The van der Waals surface area contributed by atoms with Gasteiger partial charge < -0.3 is 4.90 Å². The number of aryl methyl sites for hydroxylation is 2. The molecule has 22 heavy (non-hydrogen) atoms. The summed E-state index contributed by atoms with van der Waals surface area (Å²) in [5.41, 5.74) is 2.58. The summed E-state index contributed by atoms with van der Waals surface area (Å²) in [6.07, 6.45) is 7.05. The average molecular weight is 296 g/mol. The average Bonchev–Trinajstić information content (AvgIpc) is 2.94. The molecule has 0 atom stereocenters. The highest BCUT2D eigenvalue weighted by molar-refractivity contribution is 5.45. The molecule has 114 valence electrons. The molecule has 0 N–H and O–H groups in total. The van der Waals surface area contributed by atoms with E-state index in [4.69, 9.17) is 0 Å². The van der Waals surface area contributed by atoms with Crippen LogP contribution < -0.4 is 4.90 Å². The second-order valence-corrected chi connectivity index (χ2v) is 6.17. The van der Waals surface area contributed by atoms with E-state index >= 15 is 0 Å². The van der Waals surface area contributed by atoms with Gasteiger partial charge in [0.2, 0.25) is 0 Å². The molecule has 0 saturated carbocycles. The monoisotopic (exact) mass is 296 g/mol. The van der Waals surface area contributed by atoms with Gasteiger partial charge in [0.25, 0.3) is 0 Å². The molecule has 2 aromatic heterocycles. The first kappa shape index (κ1) is 13.6. The molecule has 1 saturated heterocycles. The Hall–Kier alpha value is -2.08. The standard InChI is InChI=1S/C16H20N6/c1-21(11-15-17-6-3-7-18-15)13-9-22(10-13)16-8-12-4-2-5-14(12)19-20-16/h3,6-8,13H,2,4-5,9-11H2,1H3. The van der Waals surface area contributed by atoms with Gasteiger partial charge in [-0.1, -0.05) is 0 Å². The summed E-state index contributed by atoms with van der Waals surface area (Å²) < 4.78 is 0. The van der Waals surface area contributed by atoms with Crippen molar-refractivity contribution >= 4 is 5.82 Å². The summed E-state index contributed by atoms with van der Waals surface area (Å²) in [4.78, 5) is 13.2. The van der Waals surface area contributed by atoms with Crippen molar-refractivity contribution in [2.24, 2.45) is 0 Å². The molecule has 2 aromatic rings. The topological polar surface area (TPSA) is 58.0 Å². The summed E-state index contributed by atoms with van der Waals surface area (Å²) in [6, 6.07) is 4.60. The zero-order valence-electron chi connectivity index (χ0n) is 12.8. The van der Waals surface area contributed by atoms with Gasteiger partial charge in [-0.05, 0) is 44.0 Å². The second kappa shape index (κ2) is 5.61. The van der Waals surface area contributed by atoms with Gasteiger partial charge in [0.15, 0.2) is 5.82 Å². The van der Waals surface area contributed by atoms with Gasteiger partial charge in [-0.15, -0.1) is 5.10 Å². The van der Waals surface area contributed by atoms with Crippen LogP contribution in [0.15, 0.2) is 24.5 Å². The minimum atomic E-state index is 0.527. The molecule has 6 nitrogen and oxygen atoms in total. The van der Waals surface area contributed by atoms with Crippen LogP contribution in [0.4, 0.5) is 5.82 Å². The Morgan fingerprint density at radius 2 is 2.00 bits per heavy atom. The second-order valence-electron chi connectivity index (χ2n) is 6.17. The van der Waals surface area contributed by atoms with Crippen molar-refractivity contribution in [1.82, 2.24) is 25.1 Å². The molecule has 1 aliphatic carbocycles. The number of hydrogen-bond acceptors (Lipinski definition) is 6. The summed E-state index contributed by atoms with van der Waals surface area (Å²) in [5, 5.41) is 8.76. The fourth-order valence-electron chi connectivity index (χ4n) is 3.16. The molecule has 0 bridgehead atoms. The predicted molar refractivity (Wildman–Crippen MR) is 83.6 cm³/mol. The fourth-order valence-corrected chi connectivity index (χ4v) is 3.16. The highest BCUT2D eigenvalue weighted by atomic mass is 15.4. The molecule has 4 rings (SSSR count). The van der Waals surface area contributed by atoms with Crippen LogP contribution in [0.5, 0.6) is 0 Å². The van der Waals surface area contributed by atoms with Crippen LogP contribution in [0.2, 0.25) is 0 Å². The Labute approximate surface area is 130 Å². The highest BCUT2D eigenvalue weighted by Crippen LogP contribution is 2.26. The first-order chi connectivity index (χ1) is 10.8. The van der Waals surface area contributed by atoms with Gasteiger partial charge in [-0.25, -0.2) is 9.97 Å². The highest BCUT2D eigenvalue weighted by Gasteiger charge is 2.32. The number of fused-ring (bicyclic) bond motifs is 1. The Morgan fingerprint density at radius 1 is 1.18 bits per heavy atom. The van der Waals surface area contributed by atoms with E-state index in [-0.39, 0.29) is 0 Å². The van der Waals surface area contributed by atoms with E-state index < -0.39 is 0 Å². The molecular weight excluding hydrogens is 276 g/mol. The maximum absolute atomic E-state index is 4.38. The summed E-state index contributed by atoms with van der Waals surface area (Å²) >= 11 is 0. The summed E-state index contributed by atoms with van der Waals surface area (Å²) in [5.74, 6) is 1.90. The minimum absolute atomic E-state index is 0.527. The molecule has 2 aliphatic rings. The van der Waals surface area contributed by atoms with Crippen LogP contribution >= 0.6 is 0 Å². The lowest BCUT2D eigenvalue weighted by molar-refractivity contribution is 0.192. The summed E-state index contributed by atoms with van der Waals surface area (Å²) in [6.45, 7) is 2.78. The molecule has 0 aromatic carbocycles. The van der Waals surface area contributed by atoms with E-state index in [0.717, 1.165) is 44.1 Å². The molecule has 0 spiro atoms. The zero-order valence-corrected chi connectivity index (χ0v) is 12.8. The Kier molecular flexibility index (Phi) is 3.46. The Morgan fingerprint density at radius 3 is 2.82 bits per heavy atom.